The van der Waals surface area contributed by atoms with E-state index in [2.05, 4.69) is 27.7 Å². The number of aliphatic hydroxyl groups excluding tert-OH is 1. The van der Waals surface area contributed by atoms with E-state index >= 15 is 0 Å². The van der Waals surface area contributed by atoms with Crippen molar-refractivity contribution in [2.75, 3.05) is 13.2 Å². The van der Waals surface area contributed by atoms with Gasteiger partial charge in [-0.25, -0.2) is 0 Å². The Hall–Kier alpha value is -1.10. The summed E-state index contributed by atoms with van der Waals surface area (Å²) in [5.74, 6) is 1.06. The van der Waals surface area contributed by atoms with E-state index in [0.717, 1.165) is 64.2 Å². The Labute approximate surface area is 299 Å². The largest absolute Gasteiger partial charge is 0.465 e. The summed E-state index contributed by atoms with van der Waals surface area (Å²) in [4.78, 5) is 24.5. The Kier molecular flexibility index (Phi) is 36.3. The van der Waals surface area contributed by atoms with Gasteiger partial charge in [0.1, 0.15) is 0 Å². The van der Waals surface area contributed by atoms with Crippen molar-refractivity contribution in [3.63, 3.8) is 0 Å². The molecule has 0 bridgehead atoms. The molecule has 0 fully saturated rings. The molecule has 0 aromatic heterocycles. The summed E-state index contributed by atoms with van der Waals surface area (Å²) in [5, 5.41) is 10.4. The van der Waals surface area contributed by atoms with E-state index < -0.39 is 0 Å². The van der Waals surface area contributed by atoms with E-state index in [1.54, 1.807) is 0 Å². The SMILES string of the molecule is CCCCCCC(CCCC)COC(=O)CCCCCCCCC(O)CCCCCCCCC(=O)OCC(CCCC)CCCCCC. The van der Waals surface area contributed by atoms with E-state index in [0.29, 0.717) is 37.9 Å². The lowest BCUT2D eigenvalue weighted by Crippen LogP contribution is -2.14. The highest BCUT2D eigenvalue weighted by molar-refractivity contribution is 5.69. The van der Waals surface area contributed by atoms with Crippen LogP contribution in [-0.4, -0.2) is 36.4 Å². The van der Waals surface area contributed by atoms with Crippen molar-refractivity contribution in [2.24, 2.45) is 11.8 Å². The van der Waals surface area contributed by atoms with Gasteiger partial charge in [0.25, 0.3) is 0 Å². The molecule has 0 aliphatic carbocycles. The van der Waals surface area contributed by atoms with Crippen molar-refractivity contribution < 1.29 is 24.2 Å². The monoisotopic (exact) mass is 681 g/mol. The van der Waals surface area contributed by atoms with Crippen LogP contribution in [-0.2, 0) is 19.1 Å². The summed E-state index contributed by atoms with van der Waals surface area (Å²) in [5.41, 5.74) is 0. The fraction of sp³-hybridized carbons (Fsp3) is 0.953. The minimum absolute atomic E-state index is 0.0113. The summed E-state index contributed by atoms with van der Waals surface area (Å²) >= 11 is 0. The van der Waals surface area contributed by atoms with Crippen molar-refractivity contribution in [2.45, 2.75) is 239 Å². The normalized spacial score (nSPS) is 13.4. The number of rotatable bonds is 38. The molecule has 0 spiro atoms. The number of esters is 2. The Morgan fingerprint density at radius 3 is 1.06 bits per heavy atom. The van der Waals surface area contributed by atoms with Crippen molar-refractivity contribution in [3.05, 3.63) is 0 Å². The molecule has 0 aromatic carbocycles. The first-order chi connectivity index (χ1) is 23.5. The molecule has 5 nitrogen and oxygen atoms in total. The molecule has 0 rings (SSSR count). The van der Waals surface area contributed by atoms with Crippen LogP contribution in [0.15, 0.2) is 0 Å². The molecule has 0 heterocycles. The first-order valence-corrected chi connectivity index (χ1v) is 21.5. The maximum atomic E-state index is 12.2. The van der Waals surface area contributed by atoms with E-state index in [9.17, 15) is 14.7 Å². The lowest BCUT2D eigenvalue weighted by Gasteiger charge is -2.16. The third-order valence-electron chi connectivity index (χ3n) is 10.2. The number of ether oxygens (including phenoxy) is 2. The van der Waals surface area contributed by atoms with Crippen LogP contribution in [0.5, 0.6) is 0 Å². The molecule has 2 atom stereocenters. The first-order valence-electron chi connectivity index (χ1n) is 21.5. The van der Waals surface area contributed by atoms with Crippen molar-refractivity contribution in [1.29, 1.82) is 0 Å². The molecule has 0 saturated carbocycles. The van der Waals surface area contributed by atoms with Crippen molar-refractivity contribution in [3.8, 4) is 0 Å². The van der Waals surface area contributed by atoms with E-state index in [1.165, 1.54) is 128 Å². The quantitative estimate of drug-likeness (QED) is 0.0519. The van der Waals surface area contributed by atoms with Gasteiger partial charge >= 0.3 is 11.9 Å². The first kappa shape index (κ1) is 46.9. The lowest BCUT2D eigenvalue weighted by atomic mass is 9.96. The molecule has 48 heavy (non-hydrogen) atoms. The van der Waals surface area contributed by atoms with Crippen LogP contribution in [0.2, 0.25) is 0 Å². The van der Waals surface area contributed by atoms with Gasteiger partial charge in [0, 0.05) is 12.8 Å². The van der Waals surface area contributed by atoms with Crippen LogP contribution < -0.4 is 0 Å². The summed E-state index contributed by atoms with van der Waals surface area (Å²) < 4.78 is 11.3. The summed E-state index contributed by atoms with van der Waals surface area (Å²) in [6, 6.07) is 0. The molecule has 0 aromatic rings. The zero-order chi connectivity index (χ0) is 35.3. The van der Waals surface area contributed by atoms with Crippen LogP contribution in [0.4, 0.5) is 0 Å². The van der Waals surface area contributed by atoms with Crippen LogP contribution in [0, 0.1) is 11.8 Å². The minimum Gasteiger partial charge on any atom is -0.465 e. The molecule has 1 N–H and O–H groups in total. The fourth-order valence-electron chi connectivity index (χ4n) is 6.75. The number of hydrogen-bond donors (Lipinski definition) is 1. The molecule has 2 unspecified atom stereocenters. The van der Waals surface area contributed by atoms with Gasteiger partial charge in [-0.3, -0.25) is 9.59 Å². The van der Waals surface area contributed by atoms with Crippen molar-refractivity contribution >= 4 is 11.9 Å². The number of unbranched alkanes of at least 4 members (excludes halogenated alkanes) is 18. The standard InChI is InChI=1S/C43H84O5/c1-5-9-13-23-31-39(29-11-7-3)37-47-42(45)35-27-21-17-15-19-25-33-41(44)34-26-20-16-18-22-28-36-43(46)48-38-40(30-12-8-4)32-24-14-10-6-2/h39-41,44H,5-38H2,1-4H3. The smallest absolute Gasteiger partial charge is 0.305 e. The second kappa shape index (κ2) is 37.2. The van der Waals surface area contributed by atoms with Crippen molar-refractivity contribution in [1.82, 2.24) is 0 Å². The molecule has 0 radical (unpaired) electrons. The van der Waals surface area contributed by atoms with Gasteiger partial charge < -0.3 is 14.6 Å². The van der Waals surface area contributed by atoms with Gasteiger partial charge in [0.2, 0.25) is 0 Å². The third-order valence-corrected chi connectivity index (χ3v) is 10.2. The van der Waals surface area contributed by atoms with E-state index in [1.807, 2.05) is 0 Å². The lowest BCUT2D eigenvalue weighted by molar-refractivity contribution is -0.146. The van der Waals surface area contributed by atoms with E-state index in [-0.39, 0.29) is 18.0 Å². The zero-order valence-electron chi connectivity index (χ0n) is 32.9. The van der Waals surface area contributed by atoms with Crippen LogP contribution in [0.25, 0.3) is 0 Å². The number of hydrogen-bond acceptors (Lipinski definition) is 5. The molecule has 0 amide bonds. The second-order valence-electron chi connectivity index (χ2n) is 15.1. The predicted molar refractivity (Wildman–Crippen MR) is 205 cm³/mol. The minimum atomic E-state index is -0.171. The van der Waals surface area contributed by atoms with Crippen LogP contribution in [0.1, 0.15) is 233 Å². The highest BCUT2D eigenvalue weighted by Gasteiger charge is 2.13. The number of carbonyl (C=O) groups excluding carboxylic acids is 2. The predicted octanol–water partition coefficient (Wildman–Crippen LogP) is 13.2. The summed E-state index contributed by atoms with van der Waals surface area (Å²) in [6.07, 6.45) is 35.9. The molecular formula is C43H84O5. The Morgan fingerprint density at radius 2 is 0.688 bits per heavy atom. The highest BCUT2D eigenvalue weighted by Crippen LogP contribution is 2.20. The van der Waals surface area contributed by atoms with Gasteiger partial charge in [0.05, 0.1) is 19.3 Å². The highest BCUT2D eigenvalue weighted by atomic mass is 16.5. The van der Waals surface area contributed by atoms with Gasteiger partial charge in [-0.15, -0.1) is 0 Å². The summed E-state index contributed by atoms with van der Waals surface area (Å²) in [7, 11) is 0. The molecule has 286 valence electrons. The average Bonchev–Trinajstić information content (AvgIpc) is 3.08. The fourth-order valence-corrected chi connectivity index (χ4v) is 6.75. The second-order valence-corrected chi connectivity index (χ2v) is 15.1. The summed E-state index contributed by atoms with van der Waals surface area (Å²) in [6.45, 7) is 10.2. The number of aliphatic hydroxyl groups is 1. The van der Waals surface area contributed by atoms with Crippen LogP contribution in [0.3, 0.4) is 0 Å². The molecular weight excluding hydrogens is 596 g/mol. The Balaban J connectivity index is 3.66. The maximum absolute atomic E-state index is 12.2. The average molecular weight is 681 g/mol. The Morgan fingerprint density at radius 1 is 0.396 bits per heavy atom. The third kappa shape index (κ3) is 33.4. The number of carbonyl (C=O) groups is 2. The molecule has 5 heteroatoms. The van der Waals surface area contributed by atoms with Gasteiger partial charge in [0.15, 0.2) is 0 Å². The topological polar surface area (TPSA) is 72.8 Å². The molecule has 0 aliphatic rings. The Bertz CT molecular complexity index is 624. The van der Waals surface area contributed by atoms with Gasteiger partial charge in [-0.05, 0) is 63.2 Å². The van der Waals surface area contributed by atoms with E-state index in [4.69, 9.17) is 9.47 Å². The van der Waals surface area contributed by atoms with Gasteiger partial charge in [-0.2, -0.15) is 0 Å². The molecule has 0 saturated heterocycles. The molecule has 0 aliphatic heterocycles. The zero-order valence-corrected chi connectivity index (χ0v) is 32.9. The van der Waals surface area contributed by atoms with Gasteiger partial charge in [-0.1, -0.05) is 169 Å². The maximum Gasteiger partial charge on any atom is 0.305 e. The van der Waals surface area contributed by atoms with Crippen LogP contribution >= 0.6 is 0 Å².